The molecule has 166 valence electrons. The van der Waals surface area contributed by atoms with Crippen LogP contribution in [-0.2, 0) is 11.8 Å². The first kappa shape index (κ1) is 21.3. The van der Waals surface area contributed by atoms with Gasteiger partial charge < -0.3 is 14.8 Å². The molecule has 5 nitrogen and oxygen atoms in total. The molecule has 0 spiro atoms. The van der Waals surface area contributed by atoms with Crippen molar-refractivity contribution in [2.45, 2.75) is 18.9 Å². The third kappa shape index (κ3) is 3.49. The number of hydrogen-bond acceptors (Lipinski definition) is 2. The normalized spacial score (nSPS) is 17.8. The fourth-order valence-corrected chi connectivity index (χ4v) is 5.17. The van der Waals surface area contributed by atoms with E-state index < -0.39 is 12.0 Å². The Bertz CT molecular complexity index is 1410. The topological polar surface area (TPSA) is 54.3 Å². The Morgan fingerprint density at radius 2 is 1.70 bits per heavy atom. The number of nitrogens with one attached hydrogen (secondary N) is 1. The lowest BCUT2D eigenvalue weighted by molar-refractivity contribution is -0.119. The molecule has 0 unspecified atom stereocenters. The molecular formula is C27H24ClN3O2. The zero-order chi connectivity index (χ0) is 23.3. The van der Waals surface area contributed by atoms with Crippen LogP contribution in [0, 0.1) is 6.92 Å². The second-order valence-corrected chi connectivity index (χ2v) is 9.02. The molecule has 0 fully saturated rings. The van der Waals surface area contributed by atoms with E-state index in [2.05, 4.69) is 5.32 Å². The Morgan fingerprint density at radius 1 is 0.970 bits per heavy atom. The summed E-state index contributed by atoms with van der Waals surface area (Å²) < 4.78 is 2.04. The minimum Gasteiger partial charge on any atom is -0.350 e. The summed E-state index contributed by atoms with van der Waals surface area (Å²) in [5.41, 5.74) is 4.83. The molecule has 5 rings (SSSR count). The van der Waals surface area contributed by atoms with Gasteiger partial charge in [0, 0.05) is 42.3 Å². The largest absolute Gasteiger partial charge is 0.350 e. The third-order valence-corrected chi connectivity index (χ3v) is 6.80. The minimum atomic E-state index is -0.605. The van der Waals surface area contributed by atoms with Gasteiger partial charge in [0.05, 0.1) is 22.7 Å². The number of benzene rings is 3. The average molecular weight is 458 g/mol. The van der Waals surface area contributed by atoms with E-state index in [1.165, 1.54) is 0 Å². The van der Waals surface area contributed by atoms with E-state index in [9.17, 15) is 9.59 Å². The Balaban J connectivity index is 1.67. The van der Waals surface area contributed by atoms with Gasteiger partial charge in [-0.3, -0.25) is 9.59 Å². The van der Waals surface area contributed by atoms with Crippen LogP contribution in [0.2, 0.25) is 5.02 Å². The molecule has 33 heavy (non-hydrogen) atoms. The van der Waals surface area contributed by atoms with Crippen LogP contribution in [0.15, 0.2) is 72.9 Å². The number of aryl methyl sites for hydroxylation is 2. The van der Waals surface area contributed by atoms with Crippen LogP contribution in [0.25, 0.3) is 10.9 Å². The van der Waals surface area contributed by atoms with Crippen molar-refractivity contribution >= 4 is 40.0 Å². The molecule has 6 heteroatoms. The lowest BCUT2D eigenvalue weighted by Crippen LogP contribution is -2.44. The van der Waals surface area contributed by atoms with Crippen LogP contribution < -0.4 is 5.32 Å². The Kier molecular flexibility index (Phi) is 5.22. The van der Waals surface area contributed by atoms with Gasteiger partial charge in [0.2, 0.25) is 5.91 Å². The summed E-state index contributed by atoms with van der Waals surface area (Å²) in [4.78, 5) is 28.8. The van der Waals surface area contributed by atoms with E-state index >= 15 is 0 Å². The zero-order valence-electron chi connectivity index (χ0n) is 18.7. The highest BCUT2D eigenvalue weighted by molar-refractivity contribution is 6.33. The van der Waals surface area contributed by atoms with Gasteiger partial charge in [-0.1, -0.05) is 54.1 Å². The Hall–Kier alpha value is -3.57. The highest BCUT2D eigenvalue weighted by atomic mass is 35.5. The second kappa shape index (κ2) is 8.09. The number of hydrogen-bond donors (Lipinski definition) is 1. The molecular weight excluding hydrogens is 434 g/mol. The fraction of sp³-hybridized carbons (Fsp3) is 0.185. The van der Waals surface area contributed by atoms with Crippen molar-refractivity contribution in [1.29, 1.82) is 0 Å². The van der Waals surface area contributed by atoms with Gasteiger partial charge in [-0.15, -0.1) is 0 Å². The Morgan fingerprint density at radius 3 is 2.48 bits per heavy atom. The van der Waals surface area contributed by atoms with E-state index in [1.807, 2.05) is 85.4 Å². The van der Waals surface area contributed by atoms with Crippen LogP contribution in [0.1, 0.15) is 39.0 Å². The number of halogens is 1. The van der Waals surface area contributed by atoms with Gasteiger partial charge >= 0.3 is 0 Å². The summed E-state index contributed by atoms with van der Waals surface area (Å²) in [7, 11) is 3.75. The number of carbonyl (C=O) groups is 2. The predicted octanol–water partition coefficient (Wildman–Crippen LogP) is 5.69. The molecule has 1 aromatic heterocycles. The summed E-state index contributed by atoms with van der Waals surface area (Å²) in [6.07, 6.45) is 2.02. The van der Waals surface area contributed by atoms with Crippen molar-refractivity contribution in [2.24, 2.45) is 7.05 Å². The van der Waals surface area contributed by atoms with Gasteiger partial charge in [0.15, 0.2) is 0 Å². The molecule has 1 N–H and O–H groups in total. The van der Waals surface area contributed by atoms with Gasteiger partial charge in [-0.2, -0.15) is 0 Å². The number of likely N-dealkylation sites (N-methyl/N-ethyl adjacent to an activating group) is 1. The van der Waals surface area contributed by atoms with E-state index in [0.717, 1.165) is 27.6 Å². The minimum absolute atomic E-state index is 0.0963. The molecule has 0 saturated heterocycles. The SMILES string of the molecule is Cc1ccc(NC(=O)[C@@H]2c3ccccc3C(=O)N(C)[C@H]2c2cn(C)c3ccccc23)c(Cl)c1. The Labute approximate surface area is 197 Å². The number of nitrogens with zero attached hydrogens (tertiary/aromatic N) is 2. The van der Waals surface area contributed by atoms with Gasteiger partial charge in [-0.05, 0) is 42.3 Å². The van der Waals surface area contributed by atoms with Crippen molar-refractivity contribution in [3.05, 3.63) is 100 Å². The van der Waals surface area contributed by atoms with Gasteiger partial charge in [0.25, 0.3) is 5.91 Å². The molecule has 0 bridgehead atoms. The molecule has 1 aliphatic heterocycles. The number of fused-ring (bicyclic) bond motifs is 2. The number of anilines is 1. The number of aromatic nitrogens is 1. The van der Waals surface area contributed by atoms with Crippen LogP contribution in [0.3, 0.4) is 0 Å². The molecule has 2 amide bonds. The molecule has 0 aliphatic carbocycles. The number of para-hydroxylation sites is 1. The molecule has 1 aliphatic rings. The van der Waals surface area contributed by atoms with E-state index in [1.54, 1.807) is 18.0 Å². The van der Waals surface area contributed by atoms with E-state index in [4.69, 9.17) is 11.6 Å². The summed E-state index contributed by atoms with van der Waals surface area (Å²) in [6, 6.07) is 20.5. The zero-order valence-corrected chi connectivity index (χ0v) is 19.4. The standard InChI is InChI=1S/C27H24ClN3O2/c1-16-12-13-22(21(28)14-16)29-26(32)24-18-9-4-5-10-19(18)27(33)31(3)25(24)20-15-30(2)23-11-7-6-8-17(20)23/h4-15,24-25H,1-3H3,(H,29,32)/t24-,25+/m1/s1. The first-order valence-electron chi connectivity index (χ1n) is 10.8. The van der Waals surface area contributed by atoms with Crippen molar-refractivity contribution < 1.29 is 9.59 Å². The predicted molar refractivity (Wildman–Crippen MR) is 132 cm³/mol. The highest BCUT2D eigenvalue weighted by Gasteiger charge is 2.43. The lowest BCUT2D eigenvalue weighted by atomic mass is 9.79. The van der Waals surface area contributed by atoms with Crippen molar-refractivity contribution in [2.75, 3.05) is 12.4 Å². The summed E-state index contributed by atoms with van der Waals surface area (Å²) in [5, 5.41) is 4.53. The first-order valence-corrected chi connectivity index (χ1v) is 11.2. The molecule has 3 aromatic carbocycles. The summed E-state index contributed by atoms with van der Waals surface area (Å²) >= 11 is 6.42. The summed E-state index contributed by atoms with van der Waals surface area (Å²) in [6.45, 7) is 1.95. The van der Waals surface area contributed by atoms with Crippen molar-refractivity contribution in [1.82, 2.24) is 9.47 Å². The fourth-order valence-electron chi connectivity index (χ4n) is 4.89. The lowest BCUT2D eigenvalue weighted by Gasteiger charge is -2.39. The monoisotopic (exact) mass is 457 g/mol. The summed E-state index contributed by atoms with van der Waals surface area (Å²) in [5.74, 6) is -0.904. The third-order valence-electron chi connectivity index (χ3n) is 6.49. The number of amides is 2. The van der Waals surface area contributed by atoms with Crippen LogP contribution >= 0.6 is 11.6 Å². The second-order valence-electron chi connectivity index (χ2n) is 8.61. The molecule has 4 aromatic rings. The van der Waals surface area contributed by atoms with Crippen LogP contribution in [0.4, 0.5) is 5.69 Å². The number of carbonyl (C=O) groups excluding carboxylic acids is 2. The van der Waals surface area contributed by atoms with Gasteiger partial charge in [0.1, 0.15) is 0 Å². The maximum Gasteiger partial charge on any atom is 0.254 e. The molecule has 0 radical (unpaired) electrons. The molecule has 0 saturated carbocycles. The van der Waals surface area contributed by atoms with Gasteiger partial charge in [-0.25, -0.2) is 0 Å². The smallest absolute Gasteiger partial charge is 0.254 e. The maximum absolute atomic E-state index is 13.8. The van der Waals surface area contributed by atoms with Crippen LogP contribution in [-0.4, -0.2) is 28.3 Å². The van der Waals surface area contributed by atoms with Crippen molar-refractivity contribution in [3.8, 4) is 0 Å². The quantitative estimate of drug-likeness (QED) is 0.429. The van der Waals surface area contributed by atoms with E-state index in [-0.39, 0.29) is 11.8 Å². The first-order chi connectivity index (χ1) is 15.9. The average Bonchev–Trinajstić information content (AvgIpc) is 3.14. The van der Waals surface area contributed by atoms with Crippen molar-refractivity contribution in [3.63, 3.8) is 0 Å². The molecule has 2 heterocycles. The van der Waals surface area contributed by atoms with Crippen LogP contribution in [0.5, 0.6) is 0 Å². The van der Waals surface area contributed by atoms with E-state index in [0.29, 0.717) is 16.3 Å². The highest BCUT2D eigenvalue weighted by Crippen LogP contribution is 2.45. The molecule has 2 atom stereocenters. The maximum atomic E-state index is 13.8. The number of rotatable bonds is 3.